The van der Waals surface area contributed by atoms with E-state index >= 15 is 0 Å². The minimum Gasteiger partial charge on any atom is -0.352 e. The number of rotatable bonds is 8. The SMILES string of the molecule is C=CCNC(=O)CN1CCN(C(C)C(=O)Nc2nc(-c3ccc(C)cc3)cs2)CC1. The van der Waals surface area contributed by atoms with Gasteiger partial charge >= 0.3 is 0 Å². The third-order valence-electron chi connectivity index (χ3n) is 5.23. The fourth-order valence-corrected chi connectivity index (χ4v) is 4.04. The monoisotopic (exact) mass is 427 g/mol. The number of carbonyl (C=O) groups is 2. The summed E-state index contributed by atoms with van der Waals surface area (Å²) >= 11 is 1.43. The van der Waals surface area contributed by atoms with Gasteiger partial charge in [-0.1, -0.05) is 35.9 Å². The van der Waals surface area contributed by atoms with Crippen molar-refractivity contribution < 1.29 is 9.59 Å². The summed E-state index contributed by atoms with van der Waals surface area (Å²) in [4.78, 5) is 33.3. The number of hydrogen-bond acceptors (Lipinski definition) is 6. The molecule has 0 bridgehead atoms. The van der Waals surface area contributed by atoms with E-state index in [4.69, 9.17) is 0 Å². The second kappa shape index (κ2) is 10.5. The molecular formula is C22H29N5O2S. The third-order valence-corrected chi connectivity index (χ3v) is 5.98. The van der Waals surface area contributed by atoms with Crippen molar-refractivity contribution in [2.45, 2.75) is 19.9 Å². The second-order valence-electron chi connectivity index (χ2n) is 7.47. The lowest BCUT2D eigenvalue weighted by atomic mass is 10.1. The molecule has 0 saturated carbocycles. The highest BCUT2D eigenvalue weighted by molar-refractivity contribution is 7.14. The lowest BCUT2D eigenvalue weighted by molar-refractivity contribution is -0.124. The zero-order valence-electron chi connectivity index (χ0n) is 17.6. The minimum atomic E-state index is -0.256. The molecule has 1 aromatic heterocycles. The van der Waals surface area contributed by atoms with Crippen LogP contribution in [0.25, 0.3) is 11.3 Å². The van der Waals surface area contributed by atoms with E-state index in [1.54, 1.807) is 6.08 Å². The smallest absolute Gasteiger partial charge is 0.243 e. The van der Waals surface area contributed by atoms with E-state index in [1.807, 2.05) is 24.4 Å². The maximum absolute atomic E-state index is 12.7. The number of hydrogen-bond donors (Lipinski definition) is 2. The van der Waals surface area contributed by atoms with Crippen LogP contribution in [0.3, 0.4) is 0 Å². The Morgan fingerprint density at radius 2 is 1.93 bits per heavy atom. The molecule has 2 N–H and O–H groups in total. The molecule has 2 amide bonds. The molecule has 0 aliphatic carbocycles. The van der Waals surface area contributed by atoms with Gasteiger partial charge in [-0.25, -0.2) is 4.98 Å². The molecule has 1 saturated heterocycles. The van der Waals surface area contributed by atoms with Crippen molar-refractivity contribution in [1.29, 1.82) is 0 Å². The molecule has 1 atom stereocenters. The Balaban J connectivity index is 1.48. The van der Waals surface area contributed by atoms with Gasteiger partial charge in [0.2, 0.25) is 11.8 Å². The van der Waals surface area contributed by atoms with Gasteiger partial charge in [0.25, 0.3) is 0 Å². The number of anilines is 1. The fourth-order valence-electron chi connectivity index (χ4n) is 3.32. The largest absolute Gasteiger partial charge is 0.352 e. The zero-order valence-corrected chi connectivity index (χ0v) is 18.4. The molecule has 30 heavy (non-hydrogen) atoms. The van der Waals surface area contributed by atoms with Crippen LogP contribution in [0.5, 0.6) is 0 Å². The van der Waals surface area contributed by atoms with E-state index in [0.29, 0.717) is 18.2 Å². The predicted octanol–water partition coefficient (Wildman–Crippen LogP) is 2.37. The average molecular weight is 428 g/mol. The maximum atomic E-state index is 12.7. The Morgan fingerprint density at radius 3 is 2.60 bits per heavy atom. The standard InChI is InChI=1S/C22H29N5O2S/c1-4-9-23-20(28)14-26-10-12-27(13-11-26)17(3)21(29)25-22-24-19(15-30-22)18-7-5-16(2)6-8-18/h4-8,15,17H,1,9-14H2,2-3H3,(H,23,28)(H,24,25,29). The Bertz CT molecular complexity index is 872. The van der Waals surface area contributed by atoms with E-state index < -0.39 is 0 Å². The molecule has 0 radical (unpaired) electrons. The van der Waals surface area contributed by atoms with Crippen molar-refractivity contribution in [2.24, 2.45) is 0 Å². The second-order valence-corrected chi connectivity index (χ2v) is 8.33. The normalized spacial score (nSPS) is 16.1. The molecular weight excluding hydrogens is 398 g/mol. The molecule has 1 fully saturated rings. The summed E-state index contributed by atoms with van der Waals surface area (Å²) in [5.74, 6) is -0.0562. The highest BCUT2D eigenvalue weighted by Gasteiger charge is 2.26. The lowest BCUT2D eigenvalue weighted by Gasteiger charge is -2.36. The maximum Gasteiger partial charge on any atom is 0.243 e. The van der Waals surface area contributed by atoms with Crippen molar-refractivity contribution in [1.82, 2.24) is 20.1 Å². The number of thiazole rings is 1. The molecule has 1 unspecified atom stereocenters. The zero-order chi connectivity index (χ0) is 21.5. The van der Waals surface area contributed by atoms with E-state index in [1.165, 1.54) is 16.9 Å². The molecule has 8 heteroatoms. The highest BCUT2D eigenvalue weighted by Crippen LogP contribution is 2.25. The average Bonchev–Trinajstić information content (AvgIpc) is 3.21. The van der Waals surface area contributed by atoms with E-state index in [2.05, 4.69) is 51.1 Å². The van der Waals surface area contributed by atoms with Crippen molar-refractivity contribution in [3.05, 3.63) is 47.9 Å². The first-order valence-corrected chi connectivity index (χ1v) is 11.0. The van der Waals surface area contributed by atoms with Crippen LogP contribution in [0.15, 0.2) is 42.3 Å². The van der Waals surface area contributed by atoms with Crippen LogP contribution in [0, 0.1) is 6.92 Å². The summed E-state index contributed by atoms with van der Waals surface area (Å²) in [6, 6.07) is 7.93. The predicted molar refractivity (Wildman–Crippen MR) is 122 cm³/mol. The topological polar surface area (TPSA) is 77.6 Å². The van der Waals surface area contributed by atoms with Gasteiger partial charge < -0.3 is 10.6 Å². The fraction of sp³-hybridized carbons (Fsp3) is 0.409. The molecule has 2 heterocycles. The minimum absolute atomic E-state index is 0.00212. The Kier molecular flexibility index (Phi) is 7.73. The van der Waals surface area contributed by atoms with E-state index in [9.17, 15) is 9.59 Å². The van der Waals surface area contributed by atoms with Crippen LogP contribution in [0.2, 0.25) is 0 Å². The van der Waals surface area contributed by atoms with Gasteiger partial charge in [-0.2, -0.15) is 0 Å². The molecule has 3 rings (SSSR count). The summed E-state index contributed by atoms with van der Waals surface area (Å²) in [7, 11) is 0. The molecule has 0 spiro atoms. The number of benzene rings is 1. The van der Waals surface area contributed by atoms with Crippen LogP contribution in [0.4, 0.5) is 5.13 Å². The van der Waals surface area contributed by atoms with Crippen LogP contribution in [0.1, 0.15) is 12.5 Å². The number of aryl methyl sites for hydroxylation is 1. The van der Waals surface area contributed by atoms with Crippen molar-refractivity contribution >= 4 is 28.3 Å². The van der Waals surface area contributed by atoms with Gasteiger partial charge in [0.05, 0.1) is 18.3 Å². The lowest BCUT2D eigenvalue weighted by Crippen LogP contribution is -2.54. The summed E-state index contributed by atoms with van der Waals surface area (Å²) in [5, 5.41) is 8.31. The summed E-state index contributed by atoms with van der Waals surface area (Å²) in [6.45, 7) is 11.4. The van der Waals surface area contributed by atoms with E-state index in [-0.39, 0.29) is 17.9 Å². The Morgan fingerprint density at radius 1 is 1.23 bits per heavy atom. The number of piperazine rings is 1. The molecule has 1 aromatic carbocycles. The van der Waals surface area contributed by atoms with Gasteiger partial charge in [0, 0.05) is 43.7 Å². The number of nitrogens with zero attached hydrogens (tertiary/aromatic N) is 3. The Labute approximate surface area is 181 Å². The van der Waals surface area contributed by atoms with Crippen LogP contribution >= 0.6 is 11.3 Å². The van der Waals surface area contributed by atoms with Crippen LogP contribution < -0.4 is 10.6 Å². The van der Waals surface area contributed by atoms with Gasteiger partial charge in [-0.05, 0) is 13.8 Å². The summed E-state index contributed by atoms with van der Waals surface area (Å²) < 4.78 is 0. The van der Waals surface area contributed by atoms with Crippen molar-refractivity contribution in [3.8, 4) is 11.3 Å². The summed E-state index contributed by atoms with van der Waals surface area (Å²) in [6.07, 6.45) is 1.67. The quantitative estimate of drug-likeness (QED) is 0.633. The first-order chi connectivity index (χ1) is 14.5. The highest BCUT2D eigenvalue weighted by atomic mass is 32.1. The molecule has 2 aromatic rings. The Hall–Kier alpha value is -2.55. The van der Waals surface area contributed by atoms with Crippen molar-refractivity contribution in [3.63, 3.8) is 0 Å². The number of nitrogens with one attached hydrogen (secondary N) is 2. The van der Waals surface area contributed by atoms with Crippen LogP contribution in [-0.4, -0.2) is 71.9 Å². The van der Waals surface area contributed by atoms with Gasteiger partial charge in [0.15, 0.2) is 5.13 Å². The third kappa shape index (κ3) is 5.98. The van der Waals surface area contributed by atoms with Gasteiger partial charge in [-0.15, -0.1) is 17.9 Å². The molecule has 160 valence electrons. The molecule has 1 aliphatic heterocycles. The molecule has 1 aliphatic rings. The number of carbonyl (C=O) groups excluding carboxylic acids is 2. The number of amides is 2. The first-order valence-electron chi connectivity index (χ1n) is 10.1. The van der Waals surface area contributed by atoms with Crippen molar-refractivity contribution in [2.75, 3.05) is 44.6 Å². The van der Waals surface area contributed by atoms with E-state index in [0.717, 1.165) is 37.4 Å². The van der Waals surface area contributed by atoms with Gasteiger partial charge in [0.1, 0.15) is 0 Å². The van der Waals surface area contributed by atoms with Crippen LogP contribution in [-0.2, 0) is 9.59 Å². The first kappa shape index (κ1) is 22.1. The molecule has 7 nitrogen and oxygen atoms in total. The van der Waals surface area contributed by atoms with Gasteiger partial charge in [-0.3, -0.25) is 19.4 Å². The summed E-state index contributed by atoms with van der Waals surface area (Å²) in [5.41, 5.74) is 3.11. The number of aromatic nitrogens is 1.